The van der Waals surface area contributed by atoms with Crippen LogP contribution < -0.4 is 10.9 Å². The van der Waals surface area contributed by atoms with Gasteiger partial charge in [-0.15, -0.1) is 0 Å². The van der Waals surface area contributed by atoms with Crippen LogP contribution in [0.4, 0.5) is 5.69 Å². The summed E-state index contributed by atoms with van der Waals surface area (Å²) in [5.41, 5.74) is 1.73. The van der Waals surface area contributed by atoms with Crippen LogP contribution >= 0.6 is 11.8 Å². The van der Waals surface area contributed by atoms with E-state index in [4.69, 9.17) is 0 Å². The summed E-state index contributed by atoms with van der Waals surface area (Å²) in [6, 6.07) is 8.17. The minimum atomic E-state index is -0.212. The molecule has 0 saturated heterocycles. The highest BCUT2D eigenvalue weighted by molar-refractivity contribution is 7.99. The van der Waals surface area contributed by atoms with Crippen LogP contribution in [0.15, 0.2) is 40.3 Å². The van der Waals surface area contributed by atoms with Crippen molar-refractivity contribution < 1.29 is 9.59 Å². The zero-order chi connectivity index (χ0) is 17.5. The van der Waals surface area contributed by atoms with E-state index < -0.39 is 0 Å². The summed E-state index contributed by atoms with van der Waals surface area (Å²) in [6.07, 6.45) is 1.63. The van der Waals surface area contributed by atoms with E-state index in [0.717, 1.165) is 18.5 Å². The van der Waals surface area contributed by atoms with Crippen LogP contribution in [0.5, 0.6) is 0 Å². The minimum absolute atomic E-state index is 0.0228. The highest BCUT2D eigenvalue weighted by Crippen LogP contribution is 2.14. The second-order valence-electron chi connectivity index (χ2n) is 5.26. The van der Waals surface area contributed by atoms with Gasteiger partial charge in [0.15, 0.2) is 10.9 Å². The van der Waals surface area contributed by atoms with Crippen molar-refractivity contribution in [1.82, 2.24) is 9.97 Å². The quantitative estimate of drug-likeness (QED) is 0.457. The number of benzene rings is 1. The molecule has 126 valence electrons. The van der Waals surface area contributed by atoms with E-state index in [0.29, 0.717) is 16.4 Å². The Kier molecular flexibility index (Phi) is 6.31. The van der Waals surface area contributed by atoms with E-state index in [-0.39, 0.29) is 23.0 Å². The van der Waals surface area contributed by atoms with Gasteiger partial charge in [0.05, 0.1) is 5.75 Å². The normalized spacial score (nSPS) is 10.4. The van der Waals surface area contributed by atoms with E-state index in [2.05, 4.69) is 15.3 Å². The molecule has 0 aliphatic carbocycles. The van der Waals surface area contributed by atoms with Crippen LogP contribution in [0.1, 0.15) is 36.3 Å². The van der Waals surface area contributed by atoms with Crippen LogP contribution in [0.3, 0.4) is 0 Å². The summed E-state index contributed by atoms with van der Waals surface area (Å²) >= 11 is 1.18. The zero-order valence-corrected chi connectivity index (χ0v) is 14.4. The maximum absolute atomic E-state index is 12.0. The molecule has 24 heavy (non-hydrogen) atoms. The molecule has 0 aliphatic rings. The number of nitrogens with one attached hydrogen (secondary N) is 2. The Morgan fingerprint density at radius 1 is 1.25 bits per heavy atom. The van der Waals surface area contributed by atoms with Gasteiger partial charge in [0, 0.05) is 23.0 Å². The number of hydrogen-bond donors (Lipinski definition) is 2. The molecule has 0 fully saturated rings. The first kappa shape index (κ1) is 17.9. The summed E-state index contributed by atoms with van der Waals surface area (Å²) in [5, 5.41) is 3.18. The van der Waals surface area contributed by atoms with Crippen molar-refractivity contribution in [2.24, 2.45) is 0 Å². The Hall–Kier alpha value is -2.41. The molecule has 1 aromatic heterocycles. The molecule has 1 amide bonds. The Balaban J connectivity index is 1.93. The second-order valence-corrected chi connectivity index (χ2v) is 6.23. The number of carbonyl (C=O) groups excluding carboxylic acids is 2. The first-order chi connectivity index (χ1) is 11.5. The molecule has 2 N–H and O–H groups in total. The smallest absolute Gasteiger partial charge is 0.251 e. The number of anilines is 1. The number of aromatic nitrogens is 2. The number of aryl methyl sites for hydroxylation is 1. The number of aromatic amines is 1. The van der Waals surface area contributed by atoms with Gasteiger partial charge in [0.25, 0.3) is 5.56 Å². The fourth-order valence-corrected chi connectivity index (χ4v) is 2.75. The minimum Gasteiger partial charge on any atom is -0.325 e. The maximum atomic E-state index is 12.0. The Morgan fingerprint density at radius 3 is 2.58 bits per heavy atom. The first-order valence-corrected chi connectivity index (χ1v) is 8.60. The number of rotatable bonds is 7. The molecule has 7 heteroatoms. The summed E-state index contributed by atoms with van der Waals surface area (Å²) in [7, 11) is 0. The number of carbonyl (C=O) groups is 2. The predicted octanol–water partition coefficient (Wildman–Crippen LogP) is 2.66. The SMILES string of the molecule is CCCc1cc(=O)[nH]c(SCC(=O)Nc2ccc(C(C)=O)cc2)n1. The van der Waals surface area contributed by atoms with E-state index in [1.54, 1.807) is 24.3 Å². The molecule has 0 spiro atoms. The van der Waals surface area contributed by atoms with Gasteiger partial charge in [0.2, 0.25) is 5.91 Å². The summed E-state index contributed by atoms with van der Waals surface area (Å²) in [6.45, 7) is 3.51. The molecule has 0 bridgehead atoms. The summed E-state index contributed by atoms with van der Waals surface area (Å²) in [5.74, 6) is -0.1000. The topological polar surface area (TPSA) is 91.9 Å². The number of nitrogens with zero attached hydrogens (tertiary/aromatic N) is 1. The van der Waals surface area contributed by atoms with Crippen molar-refractivity contribution >= 4 is 29.1 Å². The highest BCUT2D eigenvalue weighted by atomic mass is 32.2. The van der Waals surface area contributed by atoms with Gasteiger partial charge < -0.3 is 10.3 Å². The molecular weight excluding hydrogens is 326 g/mol. The number of thioether (sulfide) groups is 1. The Bertz CT molecular complexity index is 784. The van der Waals surface area contributed by atoms with E-state index in [1.165, 1.54) is 24.8 Å². The van der Waals surface area contributed by atoms with Crippen molar-refractivity contribution in [3.05, 3.63) is 51.9 Å². The lowest BCUT2D eigenvalue weighted by Gasteiger charge is -2.06. The van der Waals surface area contributed by atoms with Gasteiger partial charge >= 0.3 is 0 Å². The van der Waals surface area contributed by atoms with Gasteiger partial charge in [-0.2, -0.15) is 0 Å². The Morgan fingerprint density at radius 2 is 1.96 bits per heavy atom. The van der Waals surface area contributed by atoms with Crippen LogP contribution in [0, 0.1) is 0 Å². The van der Waals surface area contributed by atoms with Gasteiger partial charge in [-0.1, -0.05) is 25.1 Å². The van der Waals surface area contributed by atoms with Crippen LogP contribution in [0.2, 0.25) is 0 Å². The summed E-state index contributed by atoms with van der Waals surface area (Å²) in [4.78, 5) is 41.7. The number of Topliss-reactive ketones (excluding diaryl/α,β-unsaturated/α-hetero) is 1. The lowest BCUT2D eigenvalue weighted by atomic mass is 10.1. The summed E-state index contributed by atoms with van der Waals surface area (Å²) < 4.78 is 0. The fraction of sp³-hybridized carbons (Fsp3) is 0.294. The molecule has 1 aromatic carbocycles. The zero-order valence-electron chi connectivity index (χ0n) is 13.6. The van der Waals surface area contributed by atoms with Gasteiger partial charge in [-0.05, 0) is 37.6 Å². The average Bonchev–Trinajstić information content (AvgIpc) is 2.53. The van der Waals surface area contributed by atoms with Gasteiger partial charge in [0.1, 0.15) is 0 Å². The van der Waals surface area contributed by atoms with Crippen molar-refractivity contribution in [3.63, 3.8) is 0 Å². The molecule has 2 rings (SSSR count). The standard InChI is InChI=1S/C17H19N3O3S/c1-3-4-14-9-15(22)20-17(19-14)24-10-16(23)18-13-7-5-12(6-8-13)11(2)21/h5-9H,3-4,10H2,1-2H3,(H,18,23)(H,19,20,22). The van der Waals surface area contributed by atoms with Gasteiger partial charge in [-0.3, -0.25) is 14.4 Å². The van der Waals surface area contributed by atoms with Crippen molar-refractivity contribution in [3.8, 4) is 0 Å². The number of amides is 1. The molecular formula is C17H19N3O3S. The molecule has 0 atom stereocenters. The largest absolute Gasteiger partial charge is 0.325 e. The van der Waals surface area contributed by atoms with Crippen molar-refractivity contribution in [1.29, 1.82) is 0 Å². The number of hydrogen-bond acceptors (Lipinski definition) is 5. The lowest BCUT2D eigenvalue weighted by molar-refractivity contribution is -0.113. The maximum Gasteiger partial charge on any atom is 0.251 e. The van der Waals surface area contributed by atoms with Crippen molar-refractivity contribution in [2.45, 2.75) is 31.8 Å². The van der Waals surface area contributed by atoms with Crippen molar-refractivity contribution in [2.75, 3.05) is 11.1 Å². The van der Waals surface area contributed by atoms with Crippen LogP contribution in [-0.2, 0) is 11.2 Å². The molecule has 0 unspecified atom stereocenters. The molecule has 0 aliphatic heterocycles. The van der Waals surface area contributed by atoms with Crippen LogP contribution in [0.25, 0.3) is 0 Å². The first-order valence-electron chi connectivity index (χ1n) is 7.62. The third-order valence-electron chi connectivity index (χ3n) is 3.19. The van der Waals surface area contributed by atoms with E-state index in [1.807, 2.05) is 6.92 Å². The van der Waals surface area contributed by atoms with Crippen LogP contribution in [-0.4, -0.2) is 27.4 Å². The molecule has 2 aromatic rings. The third-order valence-corrected chi connectivity index (χ3v) is 4.07. The Labute approximate surface area is 144 Å². The predicted molar refractivity (Wildman–Crippen MR) is 94.7 cm³/mol. The van der Waals surface area contributed by atoms with E-state index in [9.17, 15) is 14.4 Å². The third kappa shape index (κ3) is 5.34. The van der Waals surface area contributed by atoms with Gasteiger partial charge in [-0.25, -0.2) is 4.98 Å². The fourth-order valence-electron chi connectivity index (χ4n) is 2.06. The molecule has 0 radical (unpaired) electrons. The lowest BCUT2D eigenvalue weighted by Crippen LogP contribution is -2.16. The van der Waals surface area contributed by atoms with E-state index >= 15 is 0 Å². The highest BCUT2D eigenvalue weighted by Gasteiger charge is 2.07. The molecule has 0 saturated carbocycles. The second kappa shape index (κ2) is 8.44. The number of H-pyrrole nitrogens is 1. The average molecular weight is 345 g/mol. The number of ketones is 1. The molecule has 1 heterocycles. The monoisotopic (exact) mass is 345 g/mol. The molecule has 6 nitrogen and oxygen atoms in total.